The number of amides is 1. The molecule has 4 rings (SSSR count). The molecule has 0 N–H and O–H groups in total. The lowest BCUT2D eigenvalue weighted by Crippen LogP contribution is -2.38. The Bertz CT molecular complexity index is 751. The highest BCUT2D eigenvalue weighted by Gasteiger charge is 2.25. The van der Waals surface area contributed by atoms with Gasteiger partial charge in [0.2, 0.25) is 0 Å². The van der Waals surface area contributed by atoms with E-state index in [9.17, 15) is 9.59 Å². The molecule has 3 aliphatic heterocycles. The Morgan fingerprint density at radius 3 is 2.56 bits per heavy atom. The van der Waals surface area contributed by atoms with Crippen LogP contribution in [0.3, 0.4) is 0 Å². The molecule has 0 radical (unpaired) electrons. The summed E-state index contributed by atoms with van der Waals surface area (Å²) in [6.07, 6.45) is 7.35. The number of ether oxygens (including phenoxy) is 1. The number of carbonyl (C=O) groups excluding carboxylic acids is 1. The maximum absolute atomic E-state index is 13.0. The van der Waals surface area contributed by atoms with Gasteiger partial charge in [0.15, 0.2) is 0 Å². The SMILES string of the molecule is O=C1OCCN1/N=C\c1c(N2CCCCC2)nc2n(c1=O)CCCC2. The van der Waals surface area contributed by atoms with Crippen LogP contribution < -0.4 is 10.5 Å². The van der Waals surface area contributed by atoms with E-state index in [2.05, 4.69) is 10.0 Å². The number of hydrogen-bond donors (Lipinski definition) is 0. The van der Waals surface area contributed by atoms with E-state index < -0.39 is 6.09 Å². The van der Waals surface area contributed by atoms with Crippen molar-refractivity contribution < 1.29 is 9.53 Å². The van der Waals surface area contributed by atoms with E-state index in [1.165, 1.54) is 17.6 Å². The maximum Gasteiger partial charge on any atom is 0.430 e. The summed E-state index contributed by atoms with van der Waals surface area (Å²) in [6.45, 7) is 3.25. The first-order valence-electron chi connectivity index (χ1n) is 9.11. The topological polar surface area (TPSA) is 80.0 Å². The number of hydrazone groups is 1. The number of carbonyl (C=O) groups is 1. The third-order valence-electron chi connectivity index (χ3n) is 5.02. The highest BCUT2D eigenvalue weighted by molar-refractivity contribution is 5.87. The van der Waals surface area contributed by atoms with Crippen LogP contribution in [0.2, 0.25) is 0 Å². The predicted molar refractivity (Wildman–Crippen MR) is 93.1 cm³/mol. The minimum atomic E-state index is -0.471. The van der Waals surface area contributed by atoms with Gasteiger partial charge in [-0.3, -0.25) is 9.36 Å². The van der Waals surface area contributed by atoms with Crippen molar-refractivity contribution in [2.45, 2.75) is 45.1 Å². The number of aryl methyl sites for hydroxylation is 1. The fourth-order valence-corrected chi connectivity index (χ4v) is 3.65. The Morgan fingerprint density at radius 2 is 1.80 bits per heavy atom. The number of fused-ring (bicyclic) bond motifs is 1. The summed E-state index contributed by atoms with van der Waals surface area (Å²) in [5.41, 5.74) is 0.425. The zero-order valence-electron chi connectivity index (χ0n) is 14.3. The van der Waals surface area contributed by atoms with Crippen molar-refractivity contribution in [3.8, 4) is 0 Å². The Balaban J connectivity index is 1.75. The minimum Gasteiger partial charge on any atom is -0.446 e. The first kappa shape index (κ1) is 16.1. The van der Waals surface area contributed by atoms with Crippen molar-refractivity contribution in [2.24, 2.45) is 5.10 Å². The van der Waals surface area contributed by atoms with Gasteiger partial charge in [-0.2, -0.15) is 10.1 Å². The molecular formula is C17H23N5O3. The highest BCUT2D eigenvalue weighted by atomic mass is 16.6. The molecule has 25 heavy (non-hydrogen) atoms. The molecular weight excluding hydrogens is 322 g/mol. The molecule has 0 aliphatic carbocycles. The molecule has 0 spiro atoms. The lowest BCUT2D eigenvalue weighted by Gasteiger charge is -2.30. The zero-order valence-corrected chi connectivity index (χ0v) is 14.3. The molecule has 8 heteroatoms. The van der Waals surface area contributed by atoms with Crippen LogP contribution in [0, 0.1) is 0 Å². The van der Waals surface area contributed by atoms with E-state index in [0.717, 1.165) is 51.0 Å². The standard InChI is InChI=1S/C17H23N5O3/c23-16-13(12-18-22-10-11-25-17(22)24)15(20-7-3-1-4-8-20)19-14-6-2-5-9-21(14)16/h12H,1-11H2/b18-12-. The second kappa shape index (κ2) is 6.85. The van der Waals surface area contributed by atoms with E-state index in [1.807, 2.05) is 0 Å². The fraction of sp³-hybridized carbons (Fsp3) is 0.647. The van der Waals surface area contributed by atoms with E-state index in [0.29, 0.717) is 31.1 Å². The first-order valence-corrected chi connectivity index (χ1v) is 9.11. The smallest absolute Gasteiger partial charge is 0.430 e. The van der Waals surface area contributed by atoms with Gasteiger partial charge in [-0.1, -0.05) is 0 Å². The van der Waals surface area contributed by atoms with Crippen LogP contribution in [0.5, 0.6) is 0 Å². The maximum atomic E-state index is 13.0. The number of hydrogen-bond acceptors (Lipinski definition) is 6. The molecule has 1 amide bonds. The summed E-state index contributed by atoms with van der Waals surface area (Å²) in [7, 11) is 0. The van der Waals surface area contributed by atoms with Crippen LogP contribution in [0.1, 0.15) is 43.5 Å². The van der Waals surface area contributed by atoms with Crippen LogP contribution >= 0.6 is 0 Å². The molecule has 1 aromatic rings. The molecule has 3 aliphatic rings. The molecule has 134 valence electrons. The average Bonchev–Trinajstić information content (AvgIpc) is 3.06. The average molecular weight is 345 g/mol. The molecule has 0 bridgehead atoms. The number of nitrogens with zero attached hydrogens (tertiary/aromatic N) is 5. The summed E-state index contributed by atoms with van der Waals surface area (Å²) < 4.78 is 6.65. The molecule has 2 fully saturated rings. The molecule has 2 saturated heterocycles. The van der Waals surface area contributed by atoms with Gasteiger partial charge < -0.3 is 9.64 Å². The lowest BCUT2D eigenvalue weighted by atomic mass is 10.1. The lowest BCUT2D eigenvalue weighted by molar-refractivity contribution is 0.159. The minimum absolute atomic E-state index is 0.0541. The van der Waals surface area contributed by atoms with E-state index in [1.54, 1.807) is 4.57 Å². The number of rotatable bonds is 3. The van der Waals surface area contributed by atoms with Crippen LogP contribution in [-0.2, 0) is 17.7 Å². The van der Waals surface area contributed by atoms with Gasteiger partial charge in [0.25, 0.3) is 5.56 Å². The summed E-state index contributed by atoms with van der Waals surface area (Å²) in [5, 5.41) is 5.45. The van der Waals surface area contributed by atoms with Crippen LogP contribution in [0.15, 0.2) is 9.90 Å². The van der Waals surface area contributed by atoms with E-state index in [-0.39, 0.29) is 5.56 Å². The van der Waals surface area contributed by atoms with Gasteiger partial charge in [0.05, 0.1) is 12.8 Å². The van der Waals surface area contributed by atoms with Gasteiger partial charge in [-0.15, -0.1) is 0 Å². The van der Waals surface area contributed by atoms with Crippen molar-refractivity contribution in [3.63, 3.8) is 0 Å². The van der Waals surface area contributed by atoms with Crippen LogP contribution in [-0.4, -0.2) is 53.1 Å². The van der Waals surface area contributed by atoms with Gasteiger partial charge in [0.1, 0.15) is 23.8 Å². The van der Waals surface area contributed by atoms with Crippen molar-refractivity contribution in [2.75, 3.05) is 31.1 Å². The van der Waals surface area contributed by atoms with Crippen LogP contribution in [0.25, 0.3) is 0 Å². The molecule has 0 saturated carbocycles. The molecule has 0 unspecified atom stereocenters. The number of cyclic esters (lactones) is 1. The van der Waals surface area contributed by atoms with E-state index >= 15 is 0 Å². The molecule has 0 atom stereocenters. The third kappa shape index (κ3) is 3.12. The quantitative estimate of drug-likeness (QED) is 0.773. The molecule has 1 aromatic heterocycles. The second-order valence-corrected chi connectivity index (χ2v) is 6.71. The Hall–Kier alpha value is -2.38. The summed E-state index contributed by atoms with van der Waals surface area (Å²) in [5.74, 6) is 1.59. The Kier molecular flexibility index (Phi) is 4.42. The monoisotopic (exact) mass is 345 g/mol. The fourth-order valence-electron chi connectivity index (χ4n) is 3.65. The van der Waals surface area contributed by atoms with Crippen molar-refractivity contribution >= 4 is 18.1 Å². The second-order valence-electron chi connectivity index (χ2n) is 6.71. The van der Waals surface area contributed by atoms with Gasteiger partial charge >= 0.3 is 6.09 Å². The Labute approximate surface area is 146 Å². The highest BCUT2D eigenvalue weighted by Crippen LogP contribution is 2.22. The molecule has 4 heterocycles. The number of anilines is 1. The zero-order chi connectivity index (χ0) is 17.2. The predicted octanol–water partition coefficient (Wildman–Crippen LogP) is 1.36. The van der Waals surface area contributed by atoms with Crippen molar-refractivity contribution in [3.05, 3.63) is 21.7 Å². The van der Waals surface area contributed by atoms with E-state index in [4.69, 9.17) is 9.72 Å². The number of aromatic nitrogens is 2. The summed E-state index contributed by atoms with van der Waals surface area (Å²) >= 11 is 0. The van der Waals surface area contributed by atoms with Crippen molar-refractivity contribution in [1.29, 1.82) is 0 Å². The normalized spacial score (nSPS) is 20.9. The van der Waals surface area contributed by atoms with Gasteiger partial charge in [0, 0.05) is 26.1 Å². The summed E-state index contributed by atoms with van der Waals surface area (Å²) in [4.78, 5) is 31.6. The van der Waals surface area contributed by atoms with Gasteiger partial charge in [-0.25, -0.2) is 9.78 Å². The Morgan fingerprint density at radius 1 is 1.00 bits per heavy atom. The van der Waals surface area contributed by atoms with Gasteiger partial charge in [-0.05, 0) is 32.1 Å². The van der Waals surface area contributed by atoms with Crippen molar-refractivity contribution in [1.82, 2.24) is 14.6 Å². The largest absolute Gasteiger partial charge is 0.446 e. The number of piperidine rings is 1. The van der Waals surface area contributed by atoms with Crippen LogP contribution in [0.4, 0.5) is 10.6 Å². The molecule has 8 nitrogen and oxygen atoms in total. The first-order chi connectivity index (χ1) is 12.2. The molecule has 0 aromatic carbocycles. The summed E-state index contributed by atoms with van der Waals surface area (Å²) in [6, 6.07) is 0. The third-order valence-corrected chi connectivity index (χ3v) is 5.02.